The topological polar surface area (TPSA) is 124 Å². The number of carbonyl (C=O) groups excluding carboxylic acids is 1. The Morgan fingerprint density at radius 2 is 1.83 bits per heavy atom. The summed E-state index contributed by atoms with van der Waals surface area (Å²) in [5.74, 6) is -1.52. The molecule has 11 heteroatoms. The molecule has 0 saturated heterocycles. The minimum absolute atomic E-state index is 0. The van der Waals surface area contributed by atoms with Crippen LogP contribution < -0.4 is 11.1 Å². The van der Waals surface area contributed by atoms with Crippen LogP contribution in [0.3, 0.4) is 0 Å². The van der Waals surface area contributed by atoms with Crippen molar-refractivity contribution in [2.24, 2.45) is 0 Å². The largest absolute Gasteiger partial charge is 0.479 e. The number of nitrogen functional groups attached to an aromatic ring is 1. The molecule has 0 bridgehead atoms. The van der Waals surface area contributed by atoms with E-state index in [1.165, 1.54) is 31.3 Å². The quantitative estimate of drug-likeness (QED) is 0.304. The van der Waals surface area contributed by atoms with E-state index >= 15 is 0 Å². The number of benzene rings is 2. The molecule has 2 aromatic carbocycles. The van der Waals surface area contributed by atoms with Crippen LogP contribution in [0.4, 0.5) is 14.9 Å². The molecule has 3 aromatic rings. The Kier molecular flexibility index (Phi) is 12.7. The summed E-state index contributed by atoms with van der Waals surface area (Å²) in [6, 6.07) is 16.0. The predicted molar refractivity (Wildman–Crippen MR) is 139 cm³/mol. The number of hydrogen-bond acceptors (Lipinski definition) is 6. The Bertz CT molecular complexity index is 1140. The molecule has 0 aliphatic carbocycles. The van der Waals surface area contributed by atoms with Crippen LogP contribution in [0.15, 0.2) is 66.9 Å². The number of nitrogens with two attached hydrogens (primary N) is 1. The zero-order chi connectivity index (χ0) is 24.5. The summed E-state index contributed by atoms with van der Waals surface area (Å²) in [6.07, 6.45) is 0.0852. The van der Waals surface area contributed by atoms with Gasteiger partial charge in [-0.25, -0.2) is 14.0 Å². The monoisotopic (exact) mass is 539 g/mol. The van der Waals surface area contributed by atoms with Crippen molar-refractivity contribution in [3.63, 3.8) is 0 Å². The number of hydrogen-bond donors (Lipinski definition) is 3. The van der Waals surface area contributed by atoms with Crippen molar-refractivity contribution in [1.29, 1.82) is 0 Å². The highest BCUT2D eigenvalue weighted by Gasteiger charge is 2.20. The van der Waals surface area contributed by atoms with Crippen molar-refractivity contribution < 1.29 is 28.6 Å². The highest BCUT2D eigenvalue weighted by Crippen LogP contribution is 2.28. The third-order valence-corrected chi connectivity index (χ3v) is 5.09. The fourth-order valence-electron chi connectivity index (χ4n) is 3.22. The van der Waals surface area contributed by atoms with Gasteiger partial charge in [-0.1, -0.05) is 30.3 Å². The molecule has 4 N–H and O–H groups in total. The van der Waals surface area contributed by atoms with Crippen LogP contribution in [0.2, 0.25) is 0 Å². The molecule has 0 saturated carbocycles. The van der Waals surface area contributed by atoms with Gasteiger partial charge in [0.25, 0.3) is 0 Å². The number of rotatable bonds is 10. The first-order chi connectivity index (χ1) is 16.3. The van der Waals surface area contributed by atoms with Gasteiger partial charge < -0.3 is 25.6 Å². The first-order valence-electron chi connectivity index (χ1n) is 10.7. The number of anilines is 1. The Balaban J connectivity index is 0.00000324. The number of ether oxygens (including phenoxy) is 2. The van der Waals surface area contributed by atoms with E-state index in [0.29, 0.717) is 22.5 Å². The molecule has 3 rings (SSSR count). The number of aliphatic carboxylic acids is 1. The number of carboxylic acids is 1. The Labute approximate surface area is 220 Å². The highest BCUT2D eigenvalue weighted by atomic mass is 35.5. The van der Waals surface area contributed by atoms with Gasteiger partial charge in [0, 0.05) is 17.4 Å². The molecule has 1 amide bonds. The van der Waals surface area contributed by atoms with Gasteiger partial charge >= 0.3 is 12.1 Å². The maximum Gasteiger partial charge on any atom is 0.408 e. The number of amides is 1. The molecule has 0 fully saturated rings. The summed E-state index contributed by atoms with van der Waals surface area (Å²) in [5, 5.41) is 11.8. The summed E-state index contributed by atoms with van der Waals surface area (Å²) >= 11 is 0. The van der Waals surface area contributed by atoms with E-state index in [0.717, 1.165) is 5.56 Å². The normalized spacial score (nSPS) is 11.8. The van der Waals surface area contributed by atoms with E-state index < -0.39 is 30.0 Å². The van der Waals surface area contributed by atoms with Gasteiger partial charge in [-0.3, -0.25) is 4.98 Å². The van der Waals surface area contributed by atoms with Crippen molar-refractivity contribution in [1.82, 2.24) is 10.3 Å². The zero-order valence-corrected chi connectivity index (χ0v) is 21.1. The smallest absolute Gasteiger partial charge is 0.408 e. The second-order valence-electron chi connectivity index (χ2n) is 7.60. The number of carboxylic acid groups (broad SMARTS) is 1. The van der Waals surface area contributed by atoms with E-state index in [4.69, 9.17) is 20.3 Å². The summed E-state index contributed by atoms with van der Waals surface area (Å²) in [7, 11) is 0. The first-order valence-corrected chi connectivity index (χ1v) is 10.7. The molecular formula is C25H28Cl2FN3O5. The van der Waals surface area contributed by atoms with Crippen LogP contribution in [0, 0.1) is 5.82 Å². The van der Waals surface area contributed by atoms with E-state index in [9.17, 15) is 14.0 Å². The Hall–Kier alpha value is -3.40. The summed E-state index contributed by atoms with van der Waals surface area (Å²) in [6.45, 7) is 1.55. The van der Waals surface area contributed by atoms with Crippen molar-refractivity contribution in [3.05, 3.63) is 83.9 Å². The molecule has 194 valence electrons. The average molecular weight is 540 g/mol. The Morgan fingerprint density at radius 1 is 1.11 bits per heavy atom. The van der Waals surface area contributed by atoms with E-state index in [-0.39, 0.29) is 44.4 Å². The van der Waals surface area contributed by atoms with Gasteiger partial charge in [-0.15, -0.1) is 24.8 Å². The van der Waals surface area contributed by atoms with Crippen molar-refractivity contribution >= 4 is 42.6 Å². The first kappa shape index (κ1) is 30.6. The lowest BCUT2D eigenvalue weighted by Gasteiger charge is -2.20. The van der Waals surface area contributed by atoms with E-state index in [2.05, 4.69) is 10.3 Å². The Morgan fingerprint density at radius 3 is 2.53 bits per heavy atom. The van der Waals surface area contributed by atoms with Crippen LogP contribution in [-0.4, -0.2) is 34.9 Å². The van der Waals surface area contributed by atoms with Gasteiger partial charge in [-0.2, -0.15) is 0 Å². The fraction of sp³-hybridized carbons (Fsp3) is 0.240. The second kappa shape index (κ2) is 14.9. The van der Waals surface area contributed by atoms with Crippen molar-refractivity contribution in [2.75, 3.05) is 12.3 Å². The molecule has 0 aliphatic rings. The van der Waals surface area contributed by atoms with Gasteiger partial charge in [-0.05, 0) is 54.8 Å². The lowest BCUT2D eigenvalue weighted by Crippen LogP contribution is -2.31. The number of aromatic nitrogens is 1. The minimum atomic E-state index is -1.09. The third kappa shape index (κ3) is 8.99. The molecule has 0 aliphatic heterocycles. The SMILES string of the molecule is CC(OCC[C@H](NC(=O)OCc1ccccc1)c1cc(-c2cc(F)ccc2N)ccn1)C(=O)O.Cl.Cl. The van der Waals surface area contributed by atoms with Crippen molar-refractivity contribution in [3.8, 4) is 11.1 Å². The minimum Gasteiger partial charge on any atom is -0.479 e. The second-order valence-corrected chi connectivity index (χ2v) is 7.60. The lowest BCUT2D eigenvalue weighted by molar-refractivity contribution is -0.149. The van der Waals surface area contributed by atoms with E-state index in [1.807, 2.05) is 30.3 Å². The lowest BCUT2D eigenvalue weighted by atomic mass is 10.0. The average Bonchev–Trinajstić information content (AvgIpc) is 2.84. The molecule has 2 atom stereocenters. The molecule has 8 nitrogen and oxygen atoms in total. The summed E-state index contributed by atoms with van der Waals surface area (Å²) in [5.41, 5.74) is 8.80. The number of carbonyl (C=O) groups is 2. The number of nitrogens with zero attached hydrogens (tertiary/aromatic N) is 1. The summed E-state index contributed by atoms with van der Waals surface area (Å²) < 4.78 is 24.4. The van der Waals surface area contributed by atoms with Gasteiger partial charge in [0.2, 0.25) is 0 Å². The number of alkyl carbamates (subject to hydrolysis) is 1. The van der Waals surface area contributed by atoms with Crippen LogP contribution in [-0.2, 0) is 20.9 Å². The van der Waals surface area contributed by atoms with Gasteiger partial charge in [0.05, 0.1) is 18.3 Å². The van der Waals surface area contributed by atoms with Crippen LogP contribution in [0.5, 0.6) is 0 Å². The summed E-state index contributed by atoms with van der Waals surface area (Å²) in [4.78, 5) is 27.9. The standard InChI is InChI=1S/C25H26FN3O5.2ClH/c1-16(24(30)31)33-12-10-22(29-25(32)34-15-17-5-3-2-4-6-17)23-13-18(9-11-28-23)20-14-19(26)7-8-21(20)27;;/h2-9,11,13-14,16,22H,10,12,15,27H2,1H3,(H,29,32)(H,30,31);2*1H/t16?,22-;;/m0../s1. The number of halogens is 3. The van der Waals surface area contributed by atoms with Crippen LogP contribution >= 0.6 is 24.8 Å². The van der Waals surface area contributed by atoms with Gasteiger partial charge in [0.1, 0.15) is 12.4 Å². The number of pyridine rings is 1. The fourth-order valence-corrected chi connectivity index (χ4v) is 3.22. The zero-order valence-electron chi connectivity index (χ0n) is 19.4. The number of nitrogens with one attached hydrogen (secondary N) is 1. The van der Waals surface area contributed by atoms with Gasteiger partial charge in [0.15, 0.2) is 6.10 Å². The predicted octanol–water partition coefficient (Wildman–Crippen LogP) is 5.16. The van der Waals surface area contributed by atoms with Crippen LogP contribution in [0.25, 0.3) is 11.1 Å². The maximum atomic E-state index is 13.8. The van der Waals surface area contributed by atoms with E-state index in [1.54, 1.807) is 12.1 Å². The molecular weight excluding hydrogens is 512 g/mol. The third-order valence-electron chi connectivity index (χ3n) is 5.09. The maximum absolute atomic E-state index is 13.8. The molecule has 1 unspecified atom stereocenters. The van der Waals surface area contributed by atoms with Crippen LogP contribution in [0.1, 0.15) is 30.6 Å². The molecule has 36 heavy (non-hydrogen) atoms. The van der Waals surface area contributed by atoms with Crippen molar-refractivity contribution in [2.45, 2.75) is 32.1 Å². The molecule has 1 heterocycles. The molecule has 0 radical (unpaired) electrons. The molecule has 1 aromatic heterocycles. The molecule has 0 spiro atoms. The highest BCUT2D eigenvalue weighted by molar-refractivity contribution is 5.85.